The molecule has 1 aliphatic heterocycles. The monoisotopic (exact) mass is 560 g/mol. The number of carbonyl (C=O) groups is 2. The molecule has 1 aromatic heterocycles. The third-order valence-electron chi connectivity index (χ3n) is 6.46. The van der Waals surface area contributed by atoms with E-state index in [4.69, 9.17) is 18.9 Å². The molecule has 1 amide bonds. The predicted octanol–water partition coefficient (Wildman–Crippen LogP) is 5.74. The molecule has 4 aromatic rings. The summed E-state index contributed by atoms with van der Waals surface area (Å²) in [4.78, 5) is 33.2. The van der Waals surface area contributed by atoms with Gasteiger partial charge in [0.15, 0.2) is 16.6 Å². The van der Waals surface area contributed by atoms with Crippen molar-refractivity contribution in [3.05, 3.63) is 77.4 Å². The zero-order valence-electron chi connectivity index (χ0n) is 22.5. The molecule has 1 aliphatic rings. The van der Waals surface area contributed by atoms with Crippen molar-refractivity contribution < 1.29 is 33.6 Å². The molecular weight excluding hydrogens is 532 g/mol. The molecule has 1 fully saturated rings. The summed E-state index contributed by atoms with van der Waals surface area (Å²) in [6.45, 7) is 4.70. The molecule has 0 aliphatic carbocycles. The number of fused-ring (bicyclic) bond motifs is 1. The number of ether oxygens (including phenoxy) is 4. The van der Waals surface area contributed by atoms with E-state index in [1.165, 1.54) is 30.5 Å². The Kier molecular flexibility index (Phi) is 7.61. The van der Waals surface area contributed by atoms with Crippen molar-refractivity contribution in [2.75, 3.05) is 32.3 Å². The molecule has 5 rings (SSSR count). The van der Waals surface area contributed by atoms with Crippen LogP contribution in [0.15, 0.2) is 66.2 Å². The van der Waals surface area contributed by atoms with Crippen molar-refractivity contribution in [1.82, 2.24) is 4.98 Å². The summed E-state index contributed by atoms with van der Waals surface area (Å²) >= 11 is 1.26. The molecule has 1 N–H and O–H groups in total. The highest BCUT2D eigenvalue weighted by Gasteiger charge is 2.48. The largest absolute Gasteiger partial charge is 0.507 e. The van der Waals surface area contributed by atoms with Crippen LogP contribution in [0.2, 0.25) is 0 Å². The molecule has 0 saturated carbocycles. The topological polar surface area (TPSA) is 107 Å². The van der Waals surface area contributed by atoms with Crippen molar-refractivity contribution in [2.45, 2.75) is 19.9 Å². The summed E-state index contributed by atoms with van der Waals surface area (Å²) in [7, 11) is 3.02. The lowest BCUT2D eigenvalue weighted by Gasteiger charge is -2.24. The number of carbonyl (C=O) groups excluding carboxylic acids is 2. The summed E-state index contributed by atoms with van der Waals surface area (Å²) < 4.78 is 22.9. The van der Waals surface area contributed by atoms with E-state index >= 15 is 0 Å². The number of aromatic nitrogens is 1. The smallest absolute Gasteiger partial charge is 0.301 e. The van der Waals surface area contributed by atoms with E-state index in [-0.39, 0.29) is 11.3 Å². The maximum absolute atomic E-state index is 13.6. The minimum absolute atomic E-state index is 0.0706. The number of aliphatic hydroxyl groups excluding tert-OH is 1. The van der Waals surface area contributed by atoms with Crippen molar-refractivity contribution in [1.29, 1.82) is 0 Å². The van der Waals surface area contributed by atoms with Gasteiger partial charge in [0.05, 0.1) is 49.3 Å². The average Bonchev–Trinajstić information content (AvgIpc) is 3.50. The van der Waals surface area contributed by atoms with Gasteiger partial charge in [-0.25, -0.2) is 4.98 Å². The lowest BCUT2D eigenvalue weighted by Crippen LogP contribution is -2.29. The lowest BCUT2D eigenvalue weighted by molar-refractivity contribution is -0.132. The van der Waals surface area contributed by atoms with Crippen LogP contribution in [0.25, 0.3) is 16.0 Å². The van der Waals surface area contributed by atoms with Crippen LogP contribution in [-0.4, -0.2) is 49.2 Å². The molecule has 0 bridgehead atoms. The molecule has 10 heteroatoms. The van der Waals surface area contributed by atoms with E-state index in [2.05, 4.69) is 4.98 Å². The Balaban J connectivity index is 1.71. The second-order valence-corrected chi connectivity index (χ2v) is 9.81. The van der Waals surface area contributed by atoms with Crippen molar-refractivity contribution in [3.8, 4) is 23.0 Å². The van der Waals surface area contributed by atoms with Crippen LogP contribution >= 0.6 is 11.3 Å². The number of benzene rings is 3. The first-order chi connectivity index (χ1) is 19.4. The van der Waals surface area contributed by atoms with Gasteiger partial charge in [-0.15, -0.1) is 0 Å². The van der Waals surface area contributed by atoms with Gasteiger partial charge < -0.3 is 24.1 Å². The third-order valence-corrected chi connectivity index (χ3v) is 7.47. The summed E-state index contributed by atoms with van der Waals surface area (Å²) in [6, 6.07) is 16.3. The van der Waals surface area contributed by atoms with Crippen LogP contribution in [-0.2, 0) is 9.59 Å². The first-order valence-corrected chi connectivity index (χ1v) is 13.5. The molecule has 1 atom stereocenters. The number of amides is 1. The number of anilines is 1. The van der Waals surface area contributed by atoms with Crippen molar-refractivity contribution in [2.24, 2.45) is 0 Å². The molecule has 2 heterocycles. The third kappa shape index (κ3) is 4.82. The average molecular weight is 561 g/mol. The van der Waals surface area contributed by atoms with Gasteiger partial charge in [-0.2, -0.15) is 0 Å². The number of Topliss-reactive ketones (excluding diaryl/α,β-unsaturated/α-hetero) is 1. The molecule has 3 aromatic carbocycles. The highest BCUT2D eigenvalue weighted by atomic mass is 32.1. The normalized spacial score (nSPS) is 16.4. The van der Waals surface area contributed by atoms with Crippen molar-refractivity contribution >= 4 is 44.1 Å². The summed E-state index contributed by atoms with van der Waals surface area (Å²) in [5, 5.41) is 11.8. The Morgan fingerprint density at radius 3 is 2.45 bits per heavy atom. The van der Waals surface area contributed by atoms with Crippen LogP contribution in [0.3, 0.4) is 0 Å². The molecule has 40 heavy (non-hydrogen) atoms. The van der Waals surface area contributed by atoms with Gasteiger partial charge in [-0.3, -0.25) is 14.5 Å². The maximum atomic E-state index is 13.6. The number of rotatable bonds is 9. The molecule has 9 nitrogen and oxygen atoms in total. The van der Waals surface area contributed by atoms with E-state index in [1.54, 1.807) is 48.5 Å². The van der Waals surface area contributed by atoms with Gasteiger partial charge in [0.2, 0.25) is 0 Å². The Morgan fingerprint density at radius 2 is 1.73 bits per heavy atom. The van der Waals surface area contributed by atoms with E-state index in [0.717, 1.165) is 4.70 Å². The van der Waals surface area contributed by atoms with Gasteiger partial charge in [-0.1, -0.05) is 29.5 Å². The number of thiazole rings is 1. The molecule has 1 unspecified atom stereocenters. The van der Waals surface area contributed by atoms with Crippen LogP contribution in [0.4, 0.5) is 5.13 Å². The molecular formula is C30H28N2O7S. The van der Waals surface area contributed by atoms with Crippen molar-refractivity contribution in [3.63, 3.8) is 0 Å². The summed E-state index contributed by atoms with van der Waals surface area (Å²) in [5.74, 6) is 0.169. The fourth-order valence-electron chi connectivity index (χ4n) is 4.65. The molecule has 1 saturated heterocycles. The number of ketones is 1. The van der Waals surface area contributed by atoms with Gasteiger partial charge in [0.25, 0.3) is 5.78 Å². The Hall–Kier alpha value is -4.57. The first-order valence-electron chi connectivity index (χ1n) is 12.7. The Bertz CT molecular complexity index is 1630. The van der Waals surface area contributed by atoms with Crippen LogP contribution < -0.4 is 23.8 Å². The molecule has 0 radical (unpaired) electrons. The number of nitrogens with zero attached hydrogens (tertiary/aromatic N) is 2. The van der Waals surface area contributed by atoms with Crippen LogP contribution in [0.1, 0.15) is 31.0 Å². The molecule has 0 spiro atoms. The second-order valence-electron chi connectivity index (χ2n) is 8.80. The number of methoxy groups -OCH3 is 2. The minimum atomic E-state index is -0.984. The van der Waals surface area contributed by atoms with E-state index < -0.39 is 17.7 Å². The Labute approximate surface area is 235 Å². The van der Waals surface area contributed by atoms with Crippen LogP contribution in [0, 0.1) is 0 Å². The molecule has 206 valence electrons. The first kappa shape index (κ1) is 27.0. The van der Waals surface area contributed by atoms with Gasteiger partial charge in [0.1, 0.15) is 17.3 Å². The van der Waals surface area contributed by atoms with Gasteiger partial charge in [-0.05, 0) is 61.9 Å². The number of hydrogen-bond donors (Lipinski definition) is 1. The predicted molar refractivity (Wildman–Crippen MR) is 153 cm³/mol. The van der Waals surface area contributed by atoms with Crippen LogP contribution in [0.5, 0.6) is 23.0 Å². The van der Waals surface area contributed by atoms with Gasteiger partial charge in [0, 0.05) is 5.56 Å². The minimum Gasteiger partial charge on any atom is -0.507 e. The second kappa shape index (κ2) is 11.3. The fraction of sp³-hybridized carbons (Fsp3) is 0.233. The Morgan fingerprint density at radius 1 is 0.925 bits per heavy atom. The summed E-state index contributed by atoms with van der Waals surface area (Å²) in [5.41, 5.74) is 1.46. The zero-order valence-corrected chi connectivity index (χ0v) is 23.3. The highest BCUT2D eigenvalue weighted by Crippen LogP contribution is 2.46. The standard InChI is InChI=1S/C30H28N2O7S/c1-5-38-20-11-12-21-24(16-20)40-30(31-21)32-26(17-10-13-22(39-6-2)23(15-17)37-4)25(28(34)29(32)35)27(33)18-8-7-9-19(14-18)36-3/h7-16,26,33H,5-6H2,1-4H3/b27-25+. The summed E-state index contributed by atoms with van der Waals surface area (Å²) in [6.07, 6.45) is 0. The van der Waals surface area contributed by atoms with E-state index in [0.29, 0.717) is 58.0 Å². The fourth-order valence-corrected chi connectivity index (χ4v) is 5.67. The van der Waals surface area contributed by atoms with E-state index in [9.17, 15) is 14.7 Å². The lowest BCUT2D eigenvalue weighted by atomic mass is 9.95. The quantitative estimate of drug-likeness (QED) is 0.157. The SMILES string of the molecule is CCOc1ccc2nc(N3C(=O)C(=O)/C(=C(/O)c4cccc(OC)c4)C3c3ccc(OCC)c(OC)c3)sc2c1. The van der Waals surface area contributed by atoms with E-state index in [1.807, 2.05) is 26.0 Å². The maximum Gasteiger partial charge on any atom is 0.301 e. The van der Waals surface area contributed by atoms with Gasteiger partial charge >= 0.3 is 5.91 Å². The number of hydrogen-bond acceptors (Lipinski definition) is 9. The zero-order chi connectivity index (χ0) is 28.4. The highest BCUT2D eigenvalue weighted by molar-refractivity contribution is 7.22. The number of aliphatic hydroxyl groups is 1.